The summed E-state index contributed by atoms with van der Waals surface area (Å²) in [6.45, 7) is 0. The topological polar surface area (TPSA) is 165 Å². The van der Waals surface area contributed by atoms with Crippen LogP contribution in [0.4, 0.5) is 17.5 Å². The molecule has 12 heteroatoms. The highest BCUT2D eigenvalue weighted by Crippen LogP contribution is 2.46. The zero-order valence-corrected chi connectivity index (χ0v) is 20.1. The number of aromatic nitrogens is 2. The molecule has 35 heavy (non-hydrogen) atoms. The number of hydrogen-bond donors (Lipinski definition) is 4. The van der Waals surface area contributed by atoms with E-state index in [1.807, 2.05) is 0 Å². The second-order valence-corrected chi connectivity index (χ2v) is 11.1. The van der Waals surface area contributed by atoms with Crippen molar-refractivity contribution in [2.75, 3.05) is 16.9 Å². The van der Waals surface area contributed by atoms with E-state index >= 15 is 0 Å². The number of anilines is 3. The maximum absolute atomic E-state index is 12.7. The van der Waals surface area contributed by atoms with Crippen molar-refractivity contribution in [3.63, 3.8) is 0 Å². The van der Waals surface area contributed by atoms with Crippen LogP contribution >= 0.6 is 0 Å². The van der Waals surface area contributed by atoms with Gasteiger partial charge in [-0.15, -0.1) is 0 Å². The van der Waals surface area contributed by atoms with Crippen molar-refractivity contribution in [3.8, 4) is 5.75 Å². The normalized spacial score (nSPS) is 17.7. The van der Waals surface area contributed by atoms with Gasteiger partial charge < -0.3 is 25.9 Å². The third-order valence-electron chi connectivity index (χ3n) is 6.25. The molecule has 0 bridgehead atoms. The van der Waals surface area contributed by atoms with Crippen LogP contribution in [-0.2, 0) is 10.1 Å². The van der Waals surface area contributed by atoms with E-state index in [-0.39, 0.29) is 34.9 Å². The Balaban J connectivity index is 1.41. The third kappa shape index (κ3) is 5.99. The molecule has 1 aromatic heterocycles. The fourth-order valence-corrected chi connectivity index (χ4v) is 4.53. The van der Waals surface area contributed by atoms with E-state index in [0.29, 0.717) is 23.3 Å². The summed E-state index contributed by atoms with van der Waals surface area (Å²) in [7, 11) is -3.83. The Labute approximate surface area is 203 Å². The van der Waals surface area contributed by atoms with Gasteiger partial charge in [0.25, 0.3) is 11.8 Å². The molecule has 0 aliphatic heterocycles. The summed E-state index contributed by atoms with van der Waals surface area (Å²) in [4.78, 5) is 33.4. The molecule has 11 nitrogen and oxygen atoms in total. The number of rotatable bonds is 11. The zero-order chi connectivity index (χ0) is 24.7. The summed E-state index contributed by atoms with van der Waals surface area (Å²) in [6, 6.07) is 4.77. The van der Waals surface area contributed by atoms with Crippen LogP contribution in [-0.4, -0.2) is 48.5 Å². The highest BCUT2D eigenvalue weighted by Gasteiger charge is 2.42. The van der Waals surface area contributed by atoms with E-state index in [0.717, 1.165) is 44.8 Å². The fraction of sp³-hybridized carbons (Fsp3) is 0.478. The number of nitrogens with one attached hydrogen (secondary N) is 3. The first-order valence-corrected chi connectivity index (χ1v) is 13.5. The molecule has 2 amide bonds. The molecule has 3 aliphatic rings. The number of carbonyl (C=O) groups is 2. The van der Waals surface area contributed by atoms with E-state index in [4.69, 9.17) is 9.92 Å². The van der Waals surface area contributed by atoms with Gasteiger partial charge in [-0.25, -0.2) is 4.98 Å². The standard InChI is InChI=1S/C23H28N6O5S/c1-35(32,33)34-18-9-8-15(10-16(18)22(31)26-14-6-7-14)27-23-25-11-17(20(24)30)21(29-23)28-19(12-2-3-12)13-4-5-13/h8-14,19H,2-7H2,1H3,(H2,24,30)(H,26,31)(H2,25,27,28,29). The van der Waals surface area contributed by atoms with Crippen LogP contribution in [0.1, 0.15) is 59.2 Å². The summed E-state index contributed by atoms with van der Waals surface area (Å²) < 4.78 is 28.4. The van der Waals surface area contributed by atoms with Gasteiger partial charge in [-0.1, -0.05) is 0 Å². The van der Waals surface area contributed by atoms with Gasteiger partial charge in [0, 0.05) is 24.0 Å². The van der Waals surface area contributed by atoms with Crippen molar-refractivity contribution in [2.45, 2.75) is 50.6 Å². The molecule has 5 N–H and O–H groups in total. The molecular weight excluding hydrogens is 472 g/mol. The van der Waals surface area contributed by atoms with E-state index < -0.39 is 21.9 Å². The molecule has 0 saturated heterocycles. The van der Waals surface area contributed by atoms with Crippen molar-refractivity contribution in [1.29, 1.82) is 0 Å². The lowest BCUT2D eigenvalue weighted by atomic mass is 10.1. The van der Waals surface area contributed by atoms with Crippen LogP contribution in [0.2, 0.25) is 0 Å². The Hall–Kier alpha value is -3.41. The predicted molar refractivity (Wildman–Crippen MR) is 129 cm³/mol. The van der Waals surface area contributed by atoms with Gasteiger partial charge in [0.1, 0.15) is 5.82 Å². The Bertz CT molecular complexity index is 1260. The number of carbonyl (C=O) groups excluding carboxylic acids is 2. The van der Waals surface area contributed by atoms with Gasteiger partial charge in [0.05, 0.1) is 17.4 Å². The first-order valence-electron chi connectivity index (χ1n) is 11.7. The molecule has 0 unspecified atom stereocenters. The zero-order valence-electron chi connectivity index (χ0n) is 19.3. The lowest BCUT2D eigenvalue weighted by molar-refractivity contribution is 0.0948. The highest BCUT2D eigenvalue weighted by molar-refractivity contribution is 7.86. The maximum atomic E-state index is 12.7. The lowest BCUT2D eigenvalue weighted by Gasteiger charge is -2.20. The lowest BCUT2D eigenvalue weighted by Crippen LogP contribution is -2.27. The van der Waals surface area contributed by atoms with Crippen molar-refractivity contribution in [1.82, 2.24) is 15.3 Å². The number of primary amides is 1. The number of amides is 2. The minimum absolute atomic E-state index is 0.0692. The van der Waals surface area contributed by atoms with Crippen LogP contribution in [0, 0.1) is 11.8 Å². The average Bonchev–Trinajstić information content (AvgIpc) is 3.63. The molecule has 0 radical (unpaired) electrons. The Morgan fingerprint density at radius 3 is 2.34 bits per heavy atom. The van der Waals surface area contributed by atoms with Crippen molar-refractivity contribution >= 4 is 39.4 Å². The van der Waals surface area contributed by atoms with Gasteiger partial charge >= 0.3 is 10.1 Å². The molecule has 0 spiro atoms. The number of benzene rings is 1. The first-order chi connectivity index (χ1) is 16.7. The van der Waals surface area contributed by atoms with Crippen LogP contribution < -0.4 is 25.9 Å². The van der Waals surface area contributed by atoms with E-state index in [1.165, 1.54) is 18.3 Å². The Kier molecular flexibility index (Phi) is 5.99. The van der Waals surface area contributed by atoms with Gasteiger partial charge in [-0.05, 0) is 68.6 Å². The highest BCUT2D eigenvalue weighted by atomic mass is 32.2. The predicted octanol–water partition coefficient (Wildman–Crippen LogP) is 2.15. The summed E-state index contributed by atoms with van der Waals surface area (Å²) in [6.07, 6.45) is 8.68. The molecule has 5 rings (SSSR count). The molecule has 1 aromatic carbocycles. The minimum Gasteiger partial charge on any atom is -0.382 e. The molecule has 1 heterocycles. The Morgan fingerprint density at radius 1 is 1.09 bits per heavy atom. The van der Waals surface area contributed by atoms with Crippen molar-refractivity contribution < 1.29 is 22.2 Å². The molecule has 0 atom stereocenters. The van der Waals surface area contributed by atoms with Crippen molar-refractivity contribution in [3.05, 3.63) is 35.5 Å². The molecule has 3 aliphatic carbocycles. The minimum atomic E-state index is -3.83. The largest absolute Gasteiger partial charge is 0.382 e. The monoisotopic (exact) mass is 500 g/mol. The smallest absolute Gasteiger partial charge is 0.306 e. The van der Waals surface area contributed by atoms with E-state index in [9.17, 15) is 18.0 Å². The molecule has 2 aromatic rings. The van der Waals surface area contributed by atoms with E-state index in [2.05, 4.69) is 25.9 Å². The molecular formula is C23H28N6O5S. The SMILES string of the molecule is CS(=O)(=O)Oc1ccc(Nc2ncc(C(N)=O)c(NC(C3CC3)C3CC3)n2)cc1C(=O)NC1CC1. The maximum Gasteiger partial charge on any atom is 0.306 e. The summed E-state index contributed by atoms with van der Waals surface area (Å²) in [5.41, 5.74) is 6.29. The van der Waals surface area contributed by atoms with Crippen LogP contribution in [0.5, 0.6) is 5.75 Å². The van der Waals surface area contributed by atoms with Gasteiger partial charge in [-0.2, -0.15) is 13.4 Å². The van der Waals surface area contributed by atoms with Gasteiger partial charge in [0.2, 0.25) is 5.95 Å². The average molecular weight is 501 g/mol. The molecule has 186 valence electrons. The fourth-order valence-electron chi connectivity index (χ4n) is 4.06. The quantitative estimate of drug-likeness (QED) is 0.338. The number of nitrogens with two attached hydrogens (primary N) is 1. The van der Waals surface area contributed by atoms with Crippen LogP contribution in [0.15, 0.2) is 24.4 Å². The summed E-state index contributed by atoms with van der Waals surface area (Å²) in [5.74, 6) is 0.606. The molecule has 3 fully saturated rings. The van der Waals surface area contributed by atoms with E-state index in [1.54, 1.807) is 6.07 Å². The second kappa shape index (κ2) is 8.99. The Morgan fingerprint density at radius 2 is 1.77 bits per heavy atom. The van der Waals surface area contributed by atoms with Crippen LogP contribution in [0.3, 0.4) is 0 Å². The summed E-state index contributed by atoms with van der Waals surface area (Å²) in [5, 5.41) is 9.29. The van der Waals surface area contributed by atoms with Crippen LogP contribution in [0.25, 0.3) is 0 Å². The summed E-state index contributed by atoms with van der Waals surface area (Å²) >= 11 is 0. The third-order valence-corrected chi connectivity index (χ3v) is 6.73. The first kappa shape index (κ1) is 23.3. The number of nitrogens with zero attached hydrogens (tertiary/aromatic N) is 2. The van der Waals surface area contributed by atoms with Gasteiger partial charge in [-0.3, -0.25) is 9.59 Å². The number of hydrogen-bond acceptors (Lipinski definition) is 9. The van der Waals surface area contributed by atoms with Gasteiger partial charge in [0.15, 0.2) is 5.75 Å². The molecule has 3 saturated carbocycles. The van der Waals surface area contributed by atoms with Crippen molar-refractivity contribution in [2.24, 2.45) is 17.6 Å². The second-order valence-electron chi connectivity index (χ2n) is 9.54.